The molecule has 0 bridgehead atoms. The van der Waals surface area contributed by atoms with Crippen LogP contribution in [-0.4, -0.2) is 34.2 Å². The number of likely N-dealkylation sites (tertiary alicyclic amines) is 1. The van der Waals surface area contributed by atoms with E-state index in [9.17, 15) is 9.18 Å². The molecule has 2 unspecified atom stereocenters. The molecule has 2 heterocycles. The van der Waals surface area contributed by atoms with Gasteiger partial charge in [-0.15, -0.1) is 0 Å². The molecule has 6 heteroatoms. The first-order valence-corrected chi connectivity index (χ1v) is 9.46. The predicted molar refractivity (Wildman–Crippen MR) is 100 cm³/mol. The number of carbonyl (C=O) groups is 1. The maximum Gasteiger partial charge on any atom is 0.159 e. The highest BCUT2D eigenvalue weighted by molar-refractivity contribution is 7.81. The molecule has 0 amide bonds. The largest absolute Gasteiger partial charge is 0.357 e. The van der Waals surface area contributed by atoms with Gasteiger partial charge in [0, 0.05) is 35.9 Å². The number of ketones is 1. The van der Waals surface area contributed by atoms with Crippen molar-refractivity contribution in [3.63, 3.8) is 0 Å². The van der Waals surface area contributed by atoms with Gasteiger partial charge < -0.3 is 4.52 Å². The van der Waals surface area contributed by atoms with Gasteiger partial charge in [0.15, 0.2) is 11.5 Å². The van der Waals surface area contributed by atoms with Crippen LogP contribution in [0.5, 0.6) is 0 Å². The van der Waals surface area contributed by atoms with Crippen LogP contribution in [0, 0.1) is 11.7 Å². The summed E-state index contributed by atoms with van der Waals surface area (Å²) >= 11 is 4.67. The summed E-state index contributed by atoms with van der Waals surface area (Å²) < 4.78 is 19.7. The third kappa shape index (κ3) is 3.62. The van der Waals surface area contributed by atoms with E-state index in [4.69, 9.17) is 4.52 Å². The Hall–Kier alpha value is -1.92. The van der Waals surface area contributed by atoms with Gasteiger partial charge in [0.1, 0.15) is 5.82 Å². The van der Waals surface area contributed by atoms with Crippen molar-refractivity contribution in [2.24, 2.45) is 5.92 Å². The lowest BCUT2D eigenvalue weighted by molar-refractivity contribution is -0.126. The number of piperidine rings is 1. The molecule has 1 saturated carbocycles. The summed E-state index contributed by atoms with van der Waals surface area (Å²) in [4.78, 5) is 15.1. The van der Waals surface area contributed by atoms with Crippen molar-refractivity contribution in [3.8, 4) is 0 Å². The fraction of sp³-hybridized carbons (Fsp3) is 0.400. The van der Waals surface area contributed by atoms with Crippen LogP contribution in [-0.2, 0) is 4.79 Å². The Morgan fingerprint density at radius 2 is 2.12 bits per heavy atom. The van der Waals surface area contributed by atoms with E-state index in [2.05, 4.69) is 22.7 Å². The molecule has 26 heavy (non-hydrogen) atoms. The Morgan fingerprint density at radius 1 is 1.31 bits per heavy atom. The van der Waals surface area contributed by atoms with E-state index in [0.717, 1.165) is 24.8 Å². The van der Waals surface area contributed by atoms with Crippen molar-refractivity contribution in [2.75, 3.05) is 13.1 Å². The van der Waals surface area contributed by atoms with Crippen LogP contribution in [0.15, 0.2) is 46.6 Å². The number of halogens is 1. The molecule has 2 fully saturated rings. The number of thiol groups is 1. The summed E-state index contributed by atoms with van der Waals surface area (Å²) in [5.74, 6) is 0.541. The van der Waals surface area contributed by atoms with E-state index in [1.54, 1.807) is 30.5 Å². The third-order valence-electron chi connectivity index (χ3n) is 5.10. The number of benzene rings is 1. The van der Waals surface area contributed by atoms with Crippen LogP contribution >= 0.6 is 12.6 Å². The summed E-state index contributed by atoms with van der Waals surface area (Å²) in [5, 5.41) is 3.82. The van der Waals surface area contributed by atoms with Gasteiger partial charge in [-0.25, -0.2) is 4.39 Å². The van der Waals surface area contributed by atoms with Crippen LogP contribution in [0.2, 0.25) is 0 Å². The number of nitrogens with zero attached hydrogens (tertiary/aromatic N) is 2. The highest BCUT2D eigenvalue weighted by Gasteiger charge is 2.40. The normalized spacial score (nSPS) is 23.9. The van der Waals surface area contributed by atoms with Gasteiger partial charge >= 0.3 is 0 Å². The zero-order valence-corrected chi connectivity index (χ0v) is 15.2. The summed E-state index contributed by atoms with van der Waals surface area (Å²) in [6.07, 6.45) is 6.14. The number of hydrogen-bond acceptors (Lipinski definition) is 5. The molecule has 1 saturated heterocycles. The highest BCUT2D eigenvalue weighted by Crippen LogP contribution is 2.39. The molecule has 1 aliphatic carbocycles. The van der Waals surface area contributed by atoms with Crippen molar-refractivity contribution in [1.82, 2.24) is 10.1 Å². The minimum absolute atomic E-state index is 0.0648. The third-order valence-corrected chi connectivity index (χ3v) is 5.69. The van der Waals surface area contributed by atoms with E-state index < -0.39 is 6.04 Å². The maximum absolute atomic E-state index is 14.5. The first kappa shape index (κ1) is 17.5. The first-order chi connectivity index (χ1) is 12.6. The Labute approximate surface area is 157 Å². The molecule has 2 atom stereocenters. The second-order valence-corrected chi connectivity index (χ2v) is 7.63. The van der Waals surface area contributed by atoms with Crippen molar-refractivity contribution in [2.45, 2.75) is 30.6 Å². The number of carbonyl (C=O) groups excluding carboxylic acids is 1. The lowest BCUT2D eigenvalue weighted by Crippen LogP contribution is -2.42. The SMILES string of the molecule is O=C(C1CC1)C(c1ccccc1F)N1CCC(S)/C(=C\c2ccno2)C1. The van der Waals surface area contributed by atoms with E-state index in [0.29, 0.717) is 24.4 Å². The molecule has 2 aliphatic rings. The van der Waals surface area contributed by atoms with Gasteiger partial charge in [-0.1, -0.05) is 23.4 Å². The van der Waals surface area contributed by atoms with Crippen molar-refractivity contribution in [3.05, 3.63) is 59.2 Å². The van der Waals surface area contributed by atoms with Gasteiger partial charge in [-0.3, -0.25) is 9.69 Å². The monoisotopic (exact) mass is 372 g/mol. The lowest BCUT2D eigenvalue weighted by Gasteiger charge is -2.37. The van der Waals surface area contributed by atoms with Crippen LogP contribution in [0.3, 0.4) is 0 Å². The summed E-state index contributed by atoms with van der Waals surface area (Å²) in [6, 6.07) is 7.86. The smallest absolute Gasteiger partial charge is 0.159 e. The minimum Gasteiger partial charge on any atom is -0.357 e. The molecule has 136 valence electrons. The number of hydrogen-bond donors (Lipinski definition) is 1. The Balaban J connectivity index is 1.65. The van der Waals surface area contributed by atoms with Gasteiger partial charge in [-0.2, -0.15) is 12.6 Å². The molecule has 4 rings (SSSR count). The number of rotatable bonds is 5. The quantitative estimate of drug-likeness (QED) is 0.808. The second kappa shape index (κ2) is 7.37. The van der Waals surface area contributed by atoms with E-state index in [1.807, 2.05) is 6.08 Å². The van der Waals surface area contributed by atoms with Crippen molar-refractivity contribution >= 4 is 24.5 Å². The van der Waals surface area contributed by atoms with Crippen molar-refractivity contribution < 1.29 is 13.7 Å². The molecule has 4 nitrogen and oxygen atoms in total. The highest BCUT2D eigenvalue weighted by atomic mass is 32.1. The van der Waals surface area contributed by atoms with Crippen LogP contribution in [0.1, 0.15) is 36.6 Å². The Morgan fingerprint density at radius 3 is 2.81 bits per heavy atom. The number of Topliss-reactive ketones (excluding diaryl/α,β-unsaturated/α-hetero) is 1. The average Bonchev–Trinajstić information content (AvgIpc) is 3.37. The number of aromatic nitrogens is 1. The molecule has 1 aliphatic heterocycles. The van der Waals surface area contributed by atoms with Crippen LogP contribution < -0.4 is 0 Å². The Kier molecular flexibility index (Phi) is 4.96. The van der Waals surface area contributed by atoms with Gasteiger partial charge in [0.2, 0.25) is 0 Å². The standard InChI is InChI=1S/C20H21FN2O2S/c21-17-4-2-1-3-16(17)19(20(24)13-5-6-13)23-10-8-18(26)14(12-23)11-15-7-9-22-25-15/h1-4,7,9,11,13,18-19,26H,5-6,8,10,12H2/b14-11-. The van der Waals surface area contributed by atoms with E-state index in [-0.39, 0.29) is 22.8 Å². The average molecular weight is 372 g/mol. The summed E-state index contributed by atoms with van der Waals surface area (Å²) in [5.41, 5.74) is 1.53. The maximum atomic E-state index is 14.5. The topological polar surface area (TPSA) is 46.3 Å². The Bertz CT molecular complexity index is 817. The van der Waals surface area contributed by atoms with Crippen molar-refractivity contribution in [1.29, 1.82) is 0 Å². The first-order valence-electron chi connectivity index (χ1n) is 8.95. The molecule has 2 aromatic rings. The van der Waals surface area contributed by atoms with Gasteiger partial charge in [0.25, 0.3) is 0 Å². The van der Waals surface area contributed by atoms with Gasteiger partial charge in [0.05, 0.1) is 12.2 Å². The van der Waals surface area contributed by atoms with E-state index in [1.165, 1.54) is 6.07 Å². The molecule has 1 aromatic carbocycles. The summed E-state index contributed by atoms with van der Waals surface area (Å²) in [7, 11) is 0. The molecular formula is C20H21FN2O2S. The van der Waals surface area contributed by atoms with Gasteiger partial charge in [-0.05, 0) is 37.0 Å². The molecule has 0 radical (unpaired) electrons. The fourth-order valence-electron chi connectivity index (χ4n) is 3.56. The fourth-order valence-corrected chi connectivity index (χ4v) is 3.83. The predicted octanol–water partition coefficient (Wildman–Crippen LogP) is 3.92. The zero-order valence-electron chi connectivity index (χ0n) is 14.3. The second-order valence-electron chi connectivity index (χ2n) is 7.01. The lowest BCUT2D eigenvalue weighted by atomic mass is 9.93. The van der Waals surface area contributed by atoms with E-state index >= 15 is 0 Å². The minimum atomic E-state index is -0.539. The molecule has 0 spiro atoms. The zero-order chi connectivity index (χ0) is 18.1. The van der Waals surface area contributed by atoms with Crippen LogP contribution in [0.4, 0.5) is 4.39 Å². The molecule has 1 aromatic heterocycles. The summed E-state index contributed by atoms with van der Waals surface area (Å²) in [6.45, 7) is 1.27. The molecule has 0 N–H and O–H groups in total. The molecular weight excluding hydrogens is 351 g/mol. The van der Waals surface area contributed by atoms with Crippen LogP contribution in [0.25, 0.3) is 6.08 Å².